The van der Waals surface area contributed by atoms with E-state index in [1.807, 2.05) is 36.4 Å². The summed E-state index contributed by atoms with van der Waals surface area (Å²) in [6.45, 7) is 4.51. The van der Waals surface area contributed by atoms with Crippen LogP contribution < -0.4 is 15.5 Å². The van der Waals surface area contributed by atoms with Gasteiger partial charge in [0.15, 0.2) is 5.82 Å². The van der Waals surface area contributed by atoms with E-state index in [0.717, 1.165) is 49.0 Å². The van der Waals surface area contributed by atoms with Crippen LogP contribution in [0.25, 0.3) is 10.9 Å². The van der Waals surface area contributed by atoms with Crippen molar-refractivity contribution in [3.05, 3.63) is 82.9 Å². The number of anilines is 3. The molecule has 9 nitrogen and oxygen atoms in total. The number of aromatic amines is 1. The maximum Gasteiger partial charge on any atom is 0.258 e. The Bertz CT molecular complexity index is 1510. The maximum atomic E-state index is 13.7. The summed E-state index contributed by atoms with van der Waals surface area (Å²) in [4.78, 5) is 18.3. The number of H-pyrrole nitrogens is 1. The van der Waals surface area contributed by atoms with Gasteiger partial charge in [0.05, 0.1) is 30.3 Å². The Morgan fingerprint density at radius 1 is 0.952 bits per heavy atom. The third-order valence-corrected chi connectivity index (χ3v) is 7.40. The number of rotatable bonds is 11. The number of methoxy groups -OCH3 is 2. The Morgan fingerprint density at radius 3 is 2.36 bits per heavy atom. The molecule has 1 aliphatic heterocycles. The number of halogens is 2. The van der Waals surface area contributed by atoms with Crippen LogP contribution >= 0.6 is 0 Å². The zero-order chi connectivity index (χ0) is 29.6. The molecule has 1 fully saturated rings. The molecule has 1 saturated heterocycles. The van der Waals surface area contributed by atoms with Crippen molar-refractivity contribution < 1.29 is 23.0 Å². The first-order valence-corrected chi connectivity index (χ1v) is 13.9. The fourth-order valence-corrected chi connectivity index (χ4v) is 5.25. The molecule has 3 N–H and O–H groups in total. The van der Waals surface area contributed by atoms with Crippen LogP contribution in [-0.2, 0) is 15.9 Å². The summed E-state index contributed by atoms with van der Waals surface area (Å²) < 4.78 is 38.2. The lowest BCUT2D eigenvalue weighted by molar-refractivity contribution is 0.102. The lowest BCUT2D eigenvalue weighted by atomic mass is 10.0. The molecule has 5 rings (SSSR count). The molecule has 222 valence electrons. The smallest absolute Gasteiger partial charge is 0.258 e. The zero-order valence-electron chi connectivity index (χ0n) is 24.0. The van der Waals surface area contributed by atoms with Crippen LogP contribution in [0.2, 0.25) is 0 Å². The molecule has 0 bridgehead atoms. The first-order chi connectivity index (χ1) is 20.3. The number of carbonyl (C=O) groups is 1. The molecule has 2 heterocycles. The van der Waals surface area contributed by atoms with Crippen LogP contribution in [0.3, 0.4) is 0 Å². The van der Waals surface area contributed by atoms with Gasteiger partial charge in [0.1, 0.15) is 11.6 Å². The van der Waals surface area contributed by atoms with Gasteiger partial charge in [0, 0.05) is 63.2 Å². The molecule has 42 heavy (non-hydrogen) atoms. The third-order valence-electron chi connectivity index (χ3n) is 7.40. The number of benzene rings is 3. The Labute approximate surface area is 243 Å². The van der Waals surface area contributed by atoms with Crippen molar-refractivity contribution in [2.45, 2.75) is 12.5 Å². The maximum absolute atomic E-state index is 13.7. The van der Waals surface area contributed by atoms with Gasteiger partial charge in [-0.1, -0.05) is 6.07 Å². The molecule has 1 amide bonds. The third kappa shape index (κ3) is 7.04. The molecule has 0 aliphatic carbocycles. The second kappa shape index (κ2) is 13.3. The lowest BCUT2D eigenvalue weighted by Crippen LogP contribution is -2.44. The quantitative estimate of drug-likeness (QED) is 0.241. The van der Waals surface area contributed by atoms with Crippen LogP contribution in [0.4, 0.5) is 26.0 Å². The monoisotopic (exact) mass is 578 g/mol. The number of nitrogens with one attached hydrogen (secondary N) is 3. The van der Waals surface area contributed by atoms with Crippen LogP contribution in [0.1, 0.15) is 21.5 Å². The number of hydrogen-bond donors (Lipinski definition) is 3. The largest absolute Gasteiger partial charge is 0.382 e. The molecule has 0 spiro atoms. The number of ether oxygens (including phenoxy) is 2. The summed E-state index contributed by atoms with van der Waals surface area (Å²) in [6.07, 6.45) is 0.325. The minimum Gasteiger partial charge on any atom is -0.382 e. The number of fused-ring (bicyclic) bond motifs is 1. The molecular weight excluding hydrogens is 542 g/mol. The van der Waals surface area contributed by atoms with E-state index in [0.29, 0.717) is 47.7 Å². The van der Waals surface area contributed by atoms with E-state index in [9.17, 15) is 13.6 Å². The fourth-order valence-electron chi connectivity index (χ4n) is 5.25. The second-order valence-corrected chi connectivity index (χ2v) is 10.6. The minimum atomic E-state index is -0.622. The van der Waals surface area contributed by atoms with Gasteiger partial charge in [-0.25, -0.2) is 8.78 Å². The van der Waals surface area contributed by atoms with Crippen LogP contribution in [-0.4, -0.2) is 87.7 Å². The molecule has 11 heteroatoms. The summed E-state index contributed by atoms with van der Waals surface area (Å²) in [5, 5.41) is 14.4. The normalized spacial score (nSPS) is 14.1. The van der Waals surface area contributed by atoms with Gasteiger partial charge in [-0.15, -0.1) is 0 Å². The average molecular weight is 579 g/mol. The summed E-state index contributed by atoms with van der Waals surface area (Å²) in [6, 6.07) is 14.6. The first kappa shape index (κ1) is 29.4. The number of nitrogens with zero attached hydrogens (tertiary/aromatic N) is 3. The number of hydrogen-bond acceptors (Lipinski definition) is 7. The minimum absolute atomic E-state index is 0.171. The highest BCUT2D eigenvalue weighted by molar-refractivity contribution is 6.11. The SMILES string of the molecule is COCC(COC)Nc1cc(N2CCN(C)CC2)ccc1C(=O)Nc1n[nH]c2ccc(Cc3cc(F)cc(F)c3)cc12. The lowest BCUT2D eigenvalue weighted by Gasteiger charge is -2.34. The average Bonchev–Trinajstić information content (AvgIpc) is 3.35. The van der Waals surface area contributed by atoms with E-state index in [-0.39, 0.29) is 11.9 Å². The summed E-state index contributed by atoms with van der Waals surface area (Å²) in [5.41, 5.74) is 4.20. The molecule has 0 atom stereocenters. The Balaban J connectivity index is 1.41. The number of aromatic nitrogens is 2. The topological polar surface area (TPSA) is 94.8 Å². The zero-order valence-corrected chi connectivity index (χ0v) is 24.0. The molecule has 1 aliphatic rings. The molecular formula is C31H36F2N6O3. The first-order valence-electron chi connectivity index (χ1n) is 13.9. The molecule has 3 aromatic carbocycles. The fraction of sp³-hybridized carbons (Fsp3) is 0.355. The van der Waals surface area contributed by atoms with Gasteiger partial charge < -0.3 is 29.9 Å². The van der Waals surface area contributed by atoms with Crippen LogP contribution in [0.15, 0.2) is 54.6 Å². The molecule has 4 aromatic rings. The molecule has 0 radical (unpaired) electrons. The van der Waals surface area contributed by atoms with Crippen LogP contribution in [0.5, 0.6) is 0 Å². The summed E-state index contributed by atoms with van der Waals surface area (Å²) in [7, 11) is 5.36. The number of amides is 1. The van der Waals surface area contributed by atoms with Crippen molar-refractivity contribution in [3.63, 3.8) is 0 Å². The van der Waals surface area contributed by atoms with Gasteiger partial charge in [0.25, 0.3) is 5.91 Å². The highest BCUT2D eigenvalue weighted by Crippen LogP contribution is 2.28. The van der Waals surface area contributed by atoms with Crippen molar-refractivity contribution in [2.75, 3.05) is 76.2 Å². The second-order valence-electron chi connectivity index (χ2n) is 10.6. The Kier molecular flexibility index (Phi) is 9.31. The van der Waals surface area contributed by atoms with E-state index < -0.39 is 11.6 Å². The van der Waals surface area contributed by atoms with E-state index in [2.05, 4.69) is 37.7 Å². The van der Waals surface area contributed by atoms with Crippen molar-refractivity contribution in [2.24, 2.45) is 0 Å². The highest BCUT2D eigenvalue weighted by atomic mass is 19.1. The molecule has 0 unspecified atom stereocenters. The number of piperazine rings is 1. The molecule has 0 saturated carbocycles. The Morgan fingerprint density at radius 2 is 1.67 bits per heavy atom. The van der Waals surface area contributed by atoms with Gasteiger partial charge in [-0.3, -0.25) is 9.89 Å². The standard InChI is InChI=1S/C31H36F2N6O3/c1-38-8-10-39(11-9-38)25-5-6-26(29(17-25)34-24(18-41-2)19-42-3)31(40)35-30-27-15-20(4-7-28(27)36-37-30)12-21-13-22(32)16-23(33)14-21/h4-7,13-17,24,34H,8-12,18-19H2,1-3H3,(H2,35,36,37,40). The van der Waals surface area contributed by atoms with Crippen molar-refractivity contribution in [1.82, 2.24) is 15.1 Å². The summed E-state index contributed by atoms with van der Waals surface area (Å²) in [5.74, 6) is -1.21. The predicted octanol–water partition coefficient (Wildman–Crippen LogP) is 4.51. The van der Waals surface area contributed by atoms with Crippen molar-refractivity contribution >= 4 is 34.0 Å². The van der Waals surface area contributed by atoms with Gasteiger partial charge in [-0.05, 0) is 67.1 Å². The predicted molar refractivity (Wildman–Crippen MR) is 161 cm³/mol. The van der Waals surface area contributed by atoms with Crippen molar-refractivity contribution in [3.8, 4) is 0 Å². The highest BCUT2D eigenvalue weighted by Gasteiger charge is 2.21. The van der Waals surface area contributed by atoms with Gasteiger partial charge >= 0.3 is 0 Å². The van der Waals surface area contributed by atoms with E-state index in [1.54, 1.807) is 14.2 Å². The van der Waals surface area contributed by atoms with Crippen molar-refractivity contribution in [1.29, 1.82) is 0 Å². The van der Waals surface area contributed by atoms with Crippen LogP contribution in [0, 0.1) is 11.6 Å². The van der Waals surface area contributed by atoms with Gasteiger partial charge in [0.2, 0.25) is 0 Å². The van der Waals surface area contributed by atoms with E-state index in [1.165, 1.54) is 12.1 Å². The molecule has 1 aromatic heterocycles. The van der Waals surface area contributed by atoms with E-state index >= 15 is 0 Å². The number of carbonyl (C=O) groups excluding carboxylic acids is 1. The van der Waals surface area contributed by atoms with E-state index in [4.69, 9.17) is 9.47 Å². The summed E-state index contributed by atoms with van der Waals surface area (Å²) >= 11 is 0. The Hall–Kier alpha value is -4.06. The number of likely N-dealkylation sites (N-methyl/N-ethyl adjacent to an activating group) is 1. The van der Waals surface area contributed by atoms with Gasteiger partial charge in [-0.2, -0.15) is 5.10 Å².